The fourth-order valence-corrected chi connectivity index (χ4v) is 1.49. The van der Waals surface area contributed by atoms with E-state index in [1.54, 1.807) is 0 Å². The molecule has 0 unspecified atom stereocenters. The minimum Gasteiger partial charge on any atom is -0.395 e. The molecule has 3 nitrogen and oxygen atoms in total. The van der Waals surface area contributed by atoms with Crippen LogP contribution in [0.1, 0.15) is 5.56 Å². The van der Waals surface area contributed by atoms with Gasteiger partial charge in [-0.05, 0) is 12.0 Å². The van der Waals surface area contributed by atoms with Crippen LogP contribution in [0.5, 0.6) is 0 Å². The SMILES string of the molecule is OC[C@@H](Cc1ccccc1)NC[C@@H](O)C(F)(F)F. The van der Waals surface area contributed by atoms with Crippen LogP contribution in [0.25, 0.3) is 0 Å². The van der Waals surface area contributed by atoms with Crippen LogP contribution in [-0.4, -0.2) is 41.7 Å². The normalized spacial score (nSPS) is 15.4. The van der Waals surface area contributed by atoms with Crippen LogP contribution in [0.4, 0.5) is 13.2 Å². The van der Waals surface area contributed by atoms with Gasteiger partial charge in [0, 0.05) is 12.6 Å². The standard InChI is InChI=1S/C12H16F3NO2/c13-12(14,15)11(18)7-16-10(8-17)6-9-4-2-1-3-5-9/h1-5,10-11,16-18H,6-8H2/t10-,11-/m1/s1. The number of rotatable bonds is 6. The fourth-order valence-electron chi connectivity index (χ4n) is 1.49. The van der Waals surface area contributed by atoms with Crippen LogP contribution in [0.15, 0.2) is 30.3 Å². The minimum absolute atomic E-state index is 0.292. The number of hydrogen-bond acceptors (Lipinski definition) is 3. The van der Waals surface area contributed by atoms with Crippen molar-refractivity contribution < 1.29 is 23.4 Å². The Balaban J connectivity index is 2.43. The van der Waals surface area contributed by atoms with Crippen LogP contribution < -0.4 is 5.32 Å². The maximum Gasteiger partial charge on any atom is 0.415 e. The van der Waals surface area contributed by atoms with Gasteiger partial charge in [0.05, 0.1) is 6.61 Å². The van der Waals surface area contributed by atoms with Crippen molar-refractivity contribution in [3.05, 3.63) is 35.9 Å². The van der Waals surface area contributed by atoms with Gasteiger partial charge in [0.1, 0.15) is 0 Å². The molecule has 0 fully saturated rings. The summed E-state index contributed by atoms with van der Waals surface area (Å²) in [6, 6.07) is 8.60. The topological polar surface area (TPSA) is 52.5 Å². The van der Waals surface area contributed by atoms with E-state index in [0.717, 1.165) is 5.56 Å². The van der Waals surface area contributed by atoms with Crippen LogP contribution >= 0.6 is 0 Å². The minimum atomic E-state index is -4.64. The molecule has 0 spiro atoms. The quantitative estimate of drug-likeness (QED) is 0.720. The van der Waals surface area contributed by atoms with E-state index in [4.69, 9.17) is 10.2 Å². The van der Waals surface area contributed by atoms with E-state index in [2.05, 4.69) is 5.32 Å². The van der Waals surface area contributed by atoms with Crippen molar-refractivity contribution in [3.63, 3.8) is 0 Å². The monoisotopic (exact) mass is 263 g/mol. The van der Waals surface area contributed by atoms with Gasteiger partial charge >= 0.3 is 6.18 Å². The summed E-state index contributed by atoms with van der Waals surface area (Å²) in [6.07, 6.45) is -6.65. The third-order valence-electron chi connectivity index (χ3n) is 2.52. The molecular formula is C12H16F3NO2. The van der Waals surface area contributed by atoms with Gasteiger partial charge < -0.3 is 15.5 Å². The van der Waals surface area contributed by atoms with E-state index < -0.39 is 24.9 Å². The Morgan fingerprint density at radius 3 is 2.28 bits per heavy atom. The number of aliphatic hydroxyl groups is 2. The second-order valence-electron chi connectivity index (χ2n) is 4.03. The number of aliphatic hydroxyl groups excluding tert-OH is 2. The van der Waals surface area contributed by atoms with Crippen LogP contribution in [0.2, 0.25) is 0 Å². The molecule has 6 heteroatoms. The predicted octanol–water partition coefficient (Wildman–Crippen LogP) is 1.10. The molecule has 0 aliphatic heterocycles. The molecule has 0 aromatic heterocycles. The van der Waals surface area contributed by atoms with Crippen LogP contribution in [-0.2, 0) is 6.42 Å². The van der Waals surface area contributed by atoms with E-state index in [0.29, 0.717) is 6.42 Å². The van der Waals surface area contributed by atoms with E-state index in [1.165, 1.54) is 0 Å². The summed E-state index contributed by atoms with van der Waals surface area (Å²) >= 11 is 0. The third kappa shape index (κ3) is 5.03. The molecule has 1 aromatic rings. The number of nitrogens with one attached hydrogen (secondary N) is 1. The molecule has 102 valence electrons. The molecule has 0 heterocycles. The average molecular weight is 263 g/mol. The van der Waals surface area contributed by atoms with Gasteiger partial charge in [0.2, 0.25) is 0 Å². The number of alkyl halides is 3. The number of halogens is 3. The molecule has 0 bridgehead atoms. The first kappa shape index (κ1) is 14.9. The fraction of sp³-hybridized carbons (Fsp3) is 0.500. The summed E-state index contributed by atoms with van der Waals surface area (Å²) in [6.45, 7) is -0.916. The molecule has 0 amide bonds. The predicted molar refractivity (Wildman–Crippen MR) is 61.1 cm³/mol. The van der Waals surface area contributed by atoms with Crippen LogP contribution in [0, 0.1) is 0 Å². The lowest BCUT2D eigenvalue weighted by Crippen LogP contribution is -2.44. The van der Waals surface area contributed by atoms with E-state index in [1.807, 2.05) is 30.3 Å². The van der Waals surface area contributed by atoms with E-state index >= 15 is 0 Å². The molecule has 3 N–H and O–H groups in total. The van der Waals surface area contributed by atoms with Gasteiger partial charge in [-0.3, -0.25) is 0 Å². The van der Waals surface area contributed by atoms with Crippen molar-refractivity contribution in [2.75, 3.05) is 13.2 Å². The zero-order chi connectivity index (χ0) is 13.6. The molecule has 2 atom stereocenters. The number of benzene rings is 1. The molecule has 0 aliphatic rings. The first-order chi connectivity index (χ1) is 8.43. The third-order valence-corrected chi connectivity index (χ3v) is 2.52. The van der Waals surface area contributed by atoms with Crippen molar-refractivity contribution in [1.29, 1.82) is 0 Å². The van der Waals surface area contributed by atoms with Crippen molar-refractivity contribution in [2.24, 2.45) is 0 Å². The molecule has 18 heavy (non-hydrogen) atoms. The van der Waals surface area contributed by atoms with Crippen molar-refractivity contribution in [2.45, 2.75) is 24.7 Å². The summed E-state index contributed by atoms with van der Waals surface area (Å²) in [7, 11) is 0. The second kappa shape index (κ2) is 6.72. The Hall–Kier alpha value is -1.11. The first-order valence-electron chi connectivity index (χ1n) is 5.56. The zero-order valence-corrected chi connectivity index (χ0v) is 9.69. The maximum absolute atomic E-state index is 12.1. The lowest BCUT2D eigenvalue weighted by Gasteiger charge is -2.20. The Kier molecular flexibility index (Phi) is 5.58. The molecule has 0 saturated carbocycles. The Labute approximate surface area is 103 Å². The highest BCUT2D eigenvalue weighted by Gasteiger charge is 2.38. The summed E-state index contributed by atoms with van der Waals surface area (Å²) in [5.74, 6) is 0. The Morgan fingerprint density at radius 1 is 1.17 bits per heavy atom. The zero-order valence-electron chi connectivity index (χ0n) is 9.69. The highest BCUT2D eigenvalue weighted by Crippen LogP contribution is 2.19. The van der Waals surface area contributed by atoms with Gasteiger partial charge in [-0.25, -0.2) is 0 Å². The van der Waals surface area contributed by atoms with Crippen molar-refractivity contribution in [1.82, 2.24) is 5.32 Å². The molecular weight excluding hydrogens is 247 g/mol. The van der Waals surface area contributed by atoms with E-state index in [-0.39, 0.29) is 6.61 Å². The molecule has 1 rings (SSSR count). The maximum atomic E-state index is 12.1. The van der Waals surface area contributed by atoms with Gasteiger partial charge in [0.25, 0.3) is 0 Å². The average Bonchev–Trinajstić information content (AvgIpc) is 2.34. The molecule has 0 radical (unpaired) electrons. The van der Waals surface area contributed by atoms with Gasteiger partial charge in [-0.1, -0.05) is 30.3 Å². The molecule has 0 aliphatic carbocycles. The summed E-state index contributed by atoms with van der Waals surface area (Å²) in [5, 5.41) is 20.4. The lowest BCUT2D eigenvalue weighted by molar-refractivity contribution is -0.202. The highest BCUT2D eigenvalue weighted by molar-refractivity contribution is 5.15. The largest absolute Gasteiger partial charge is 0.415 e. The highest BCUT2D eigenvalue weighted by atomic mass is 19.4. The molecule has 0 saturated heterocycles. The van der Waals surface area contributed by atoms with E-state index in [9.17, 15) is 13.2 Å². The van der Waals surface area contributed by atoms with Crippen LogP contribution in [0.3, 0.4) is 0 Å². The molecule has 1 aromatic carbocycles. The smallest absolute Gasteiger partial charge is 0.395 e. The summed E-state index contributed by atoms with van der Waals surface area (Å²) in [4.78, 5) is 0. The van der Waals surface area contributed by atoms with Gasteiger partial charge in [0.15, 0.2) is 6.10 Å². The van der Waals surface area contributed by atoms with Crippen molar-refractivity contribution in [3.8, 4) is 0 Å². The Morgan fingerprint density at radius 2 is 1.78 bits per heavy atom. The lowest BCUT2D eigenvalue weighted by atomic mass is 10.1. The summed E-state index contributed by atoms with van der Waals surface area (Å²) < 4.78 is 36.2. The summed E-state index contributed by atoms with van der Waals surface area (Å²) in [5.41, 5.74) is 0.908. The van der Waals surface area contributed by atoms with Gasteiger partial charge in [-0.15, -0.1) is 0 Å². The Bertz CT molecular complexity index is 343. The van der Waals surface area contributed by atoms with Gasteiger partial charge in [-0.2, -0.15) is 13.2 Å². The number of hydrogen-bond donors (Lipinski definition) is 3. The first-order valence-corrected chi connectivity index (χ1v) is 5.56. The van der Waals surface area contributed by atoms with Crippen molar-refractivity contribution >= 4 is 0 Å². The second-order valence-corrected chi connectivity index (χ2v) is 4.03.